The quantitative estimate of drug-likeness (QED) is 0.281. The summed E-state index contributed by atoms with van der Waals surface area (Å²) in [6.07, 6.45) is 1.75. The van der Waals surface area contributed by atoms with Gasteiger partial charge in [-0.05, 0) is 48.0 Å². The molecule has 0 bridgehead atoms. The summed E-state index contributed by atoms with van der Waals surface area (Å²) in [4.78, 5) is 4.24. The van der Waals surface area contributed by atoms with Crippen LogP contribution >= 0.6 is 0 Å². The van der Waals surface area contributed by atoms with E-state index >= 15 is 0 Å². The predicted octanol–water partition coefficient (Wildman–Crippen LogP) is 7.62. The second-order valence-electron chi connectivity index (χ2n) is 8.41. The van der Waals surface area contributed by atoms with Crippen LogP contribution in [0.1, 0.15) is 5.69 Å². The molecule has 0 radical (unpaired) electrons. The molecule has 4 nitrogen and oxygen atoms in total. The maximum atomic E-state index is 9.07. The minimum atomic E-state index is 0.414. The molecule has 0 aliphatic carbocycles. The predicted molar refractivity (Wildman–Crippen MR) is 136 cm³/mol. The fourth-order valence-electron chi connectivity index (χ4n) is 4.92. The van der Waals surface area contributed by atoms with Crippen molar-refractivity contribution in [3.63, 3.8) is 0 Å². The fraction of sp³-hybridized carbons (Fsp3) is 0. The highest BCUT2D eigenvalue weighted by atomic mass is 16.3. The minimum absolute atomic E-state index is 0.414. The molecule has 34 heavy (non-hydrogen) atoms. The van der Waals surface area contributed by atoms with Gasteiger partial charge in [-0.15, -0.1) is 0 Å². The average molecular weight is 435 g/mol. The van der Waals surface area contributed by atoms with Gasteiger partial charge in [-0.3, -0.25) is 0 Å². The van der Waals surface area contributed by atoms with Gasteiger partial charge >= 0.3 is 0 Å². The number of rotatable bonds is 2. The van der Waals surface area contributed by atoms with E-state index in [1.807, 2.05) is 24.3 Å². The molecule has 158 valence electrons. The number of pyridine rings is 1. The Morgan fingerprint density at radius 2 is 1.50 bits per heavy atom. The molecule has 0 saturated heterocycles. The summed E-state index contributed by atoms with van der Waals surface area (Å²) in [6, 6.07) is 35.3. The van der Waals surface area contributed by atoms with E-state index in [0.29, 0.717) is 5.69 Å². The van der Waals surface area contributed by atoms with E-state index in [1.54, 1.807) is 12.3 Å². The smallest absolute Gasteiger partial charge is 0.140 e. The first kappa shape index (κ1) is 18.7. The number of hydrogen-bond donors (Lipinski definition) is 0. The summed E-state index contributed by atoms with van der Waals surface area (Å²) in [5, 5.41) is 13.7. The first-order valence-electron chi connectivity index (χ1n) is 11.1. The number of nitrogens with zero attached hydrogens (tertiary/aromatic N) is 3. The van der Waals surface area contributed by atoms with Crippen molar-refractivity contribution in [3.05, 3.63) is 109 Å². The van der Waals surface area contributed by atoms with Crippen LogP contribution in [-0.4, -0.2) is 9.55 Å². The molecule has 0 amide bonds. The van der Waals surface area contributed by atoms with Crippen molar-refractivity contribution >= 4 is 43.7 Å². The van der Waals surface area contributed by atoms with E-state index < -0.39 is 0 Å². The number of fused-ring (bicyclic) bond motifs is 6. The van der Waals surface area contributed by atoms with Crippen molar-refractivity contribution in [2.45, 2.75) is 0 Å². The molecule has 0 saturated carbocycles. The van der Waals surface area contributed by atoms with Crippen molar-refractivity contribution in [3.8, 4) is 22.9 Å². The lowest BCUT2D eigenvalue weighted by atomic mass is 10.1. The van der Waals surface area contributed by atoms with Gasteiger partial charge < -0.3 is 8.98 Å². The third kappa shape index (κ3) is 2.68. The fourth-order valence-corrected chi connectivity index (χ4v) is 4.92. The number of aromatic nitrogens is 2. The summed E-state index contributed by atoms with van der Waals surface area (Å²) in [5.41, 5.74) is 7.51. The Morgan fingerprint density at radius 1 is 0.647 bits per heavy atom. The number of benzene rings is 4. The Labute approximate surface area is 194 Å². The second-order valence-corrected chi connectivity index (χ2v) is 8.41. The van der Waals surface area contributed by atoms with Gasteiger partial charge in [-0.1, -0.05) is 48.5 Å². The number of para-hydroxylation sites is 2. The SMILES string of the molecule is N#Cc1ccc(-c2cccc(-n3c4ccccc4c4cc5c(cc43)oc3ccccc35)c2)cn1. The molecule has 0 aliphatic rings. The van der Waals surface area contributed by atoms with E-state index in [4.69, 9.17) is 9.68 Å². The summed E-state index contributed by atoms with van der Waals surface area (Å²) in [5.74, 6) is 0. The van der Waals surface area contributed by atoms with Gasteiger partial charge in [0.25, 0.3) is 0 Å². The molecule has 4 heteroatoms. The Hall–Kier alpha value is -4.88. The molecule has 7 rings (SSSR count). The molecule has 0 N–H and O–H groups in total. The first-order chi connectivity index (χ1) is 16.8. The van der Waals surface area contributed by atoms with Crippen LogP contribution in [0.5, 0.6) is 0 Å². The second kappa shape index (κ2) is 7.06. The Morgan fingerprint density at radius 3 is 2.35 bits per heavy atom. The third-order valence-corrected chi connectivity index (χ3v) is 6.49. The van der Waals surface area contributed by atoms with Crippen molar-refractivity contribution in [2.24, 2.45) is 0 Å². The van der Waals surface area contributed by atoms with Crippen LogP contribution in [0.3, 0.4) is 0 Å². The molecule has 0 aliphatic heterocycles. The topological polar surface area (TPSA) is 54.8 Å². The molecular formula is C30H17N3O. The maximum Gasteiger partial charge on any atom is 0.140 e. The number of nitriles is 1. The highest BCUT2D eigenvalue weighted by Gasteiger charge is 2.16. The number of hydrogen-bond acceptors (Lipinski definition) is 3. The Kier molecular flexibility index (Phi) is 3.88. The minimum Gasteiger partial charge on any atom is -0.456 e. The lowest BCUT2D eigenvalue weighted by Crippen LogP contribution is -1.94. The molecular weight excluding hydrogens is 418 g/mol. The van der Waals surface area contributed by atoms with E-state index in [-0.39, 0.29) is 0 Å². The van der Waals surface area contributed by atoms with Crippen LogP contribution in [-0.2, 0) is 0 Å². The van der Waals surface area contributed by atoms with E-state index in [1.165, 1.54) is 10.8 Å². The zero-order valence-corrected chi connectivity index (χ0v) is 18.1. The third-order valence-electron chi connectivity index (χ3n) is 6.49. The van der Waals surface area contributed by atoms with Crippen LogP contribution in [0.15, 0.2) is 108 Å². The van der Waals surface area contributed by atoms with Crippen LogP contribution in [0.4, 0.5) is 0 Å². The van der Waals surface area contributed by atoms with E-state index in [2.05, 4.69) is 82.4 Å². The summed E-state index contributed by atoms with van der Waals surface area (Å²) >= 11 is 0. The zero-order chi connectivity index (χ0) is 22.6. The molecule has 0 spiro atoms. The Bertz CT molecular complexity index is 1920. The lowest BCUT2D eigenvalue weighted by Gasteiger charge is -2.10. The average Bonchev–Trinajstić information content (AvgIpc) is 3.42. The lowest BCUT2D eigenvalue weighted by molar-refractivity contribution is 0.669. The molecule has 0 atom stereocenters. The van der Waals surface area contributed by atoms with Crippen LogP contribution in [0.25, 0.3) is 60.6 Å². The summed E-state index contributed by atoms with van der Waals surface area (Å²) in [7, 11) is 0. The van der Waals surface area contributed by atoms with Gasteiger partial charge in [0, 0.05) is 45.1 Å². The van der Waals surface area contributed by atoms with Crippen molar-refractivity contribution in [1.82, 2.24) is 9.55 Å². The van der Waals surface area contributed by atoms with E-state index in [0.717, 1.165) is 49.8 Å². The first-order valence-corrected chi connectivity index (χ1v) is 11.1. The summed E-state index contributed by atoms with van der Waals surface area (Å²) in [6.45, 7) is 0. The van der Waals surface area contributed by atoms with Gasteiger partial charge in [0.2, 0.25) is 0 Å². The molecule has 3 heterocycles. The molecule has 0 unspecified atom stereocenters. The number of furan rings is 1. The van der Waals surface area contributed by atoms with Crippen LogP contribution in [0.2, 0.25) is 0 Å². The highest BCUT2D eigenvalue weighted by molar-refractivity contribution is 6.17. The monoisotopic (exact) mass is 435 g/mol. The van der Waals surface area contributed by atoms with Crippen molar-refractivity contribution in [1.29, 1.82) is 5.26 Å². The van der Waals surface area contributed by atoms with Gasteiger partial charge in [0.05, 0.1) is 11.0 Å². The van der Waals surface area contributed by atoms with Gasteiger partial charge in [-0.25, -0.2) is 4.98 Å². The molecule has 7 aromatic rings. The van der Waals surface area contributed by atoms with Crippen LogP contribution in [0, 0.1) is 11.3 Å². The maximum absolute atomic E-state index is 9.07. The summed E-state index contributed by atoms with van der Waals surface area (Å²) < 4.78 is 8.50. The largest absolute Gasteiger partial charge is 0.456 e. The van der Waals surface area contributed by atoms with Crippen molar-refractivity contribution < 1.29 is 4.42 Å². The highest BCUT2D eigenvalue weighted by Crippen LogP contribution is 2.38. The van der Waals surface area contributed by atoms with E-state index in [9.17, 15) is 0 Å². The standard InChI is InChI=1S/C30H17N3O/c31-17-21-13-12-20(18-32-21)19-6-5-7-22(14-19)33-27-10-3-1-8-23(27)25-15-26-24-9-2-4-11-29(24)34-30(26)16-28(25)33/h1-16,18H. The Balaban J connectivity index is 1.52. The zero-order valence-electron chi connectivity index (χ0n) is 18.1. The van der Waals surface area contributed by atoms with Crippen LogP contribution < -0.4 is 0 Å². The van der Waals surface area contributed by atoms with Gasteiger partial charge in [0.1, 0.15) is 22.9 Å². The molecule has 4 aromatic carbocycles. The van der Waals surface area contributed by atoms with Gasteiger partial charge in [-0.2, -0.15) is 5.26 Å². The molecule has 0 fully saturated rings. The normalized spacial score (nSPS) is 11.5. The molecule has 3 aromatic heterocycles. The van der Waals surface area contributed by atoms with Gasteiger partial charge in [0.15, 0.2) is 0 Å². The van der Waals surface area contributed by atoms with Crippen molar-refractivity contribution in [2.75, 3.05) is 0 Å².